The van der Waals surface area contributed by atoms with Crippen molar-refractivity contribution in [3.63, 3.8) is 0 Å². The van der Waals surface area contributed by atoms with Crippen LogP contribution < -0.4 is 0 Å². The number of hydrogen-bond donors (Lipinski definition) is 1. The molecule has 1 aromatic heterocycles. The van der Waals surface area contributed by atoms with Crippen LogP contribution in [0, 0.1) is 0 Å². The van der Waals surface area contributed by atoms with Crippen LogP contribution in [0.3, 0.4) is 0 Å². The average Bonchev–Trinajstić information content (AvgIpc) is 3.36. The van der Waals surface area contributed by atoms with Gasteiger partial charge in [-0.15, -0.1) is 0 Å². The number of aryl methyl sites for hydroxylation is 1. The largest absolute Gasteiger partial charge is 0.361 e. The molecular formula is C21H26FN3O2. The highest BCUT2D eigenvalue weighted by Crippen LogP contribution is 2.30. The van der Waals surface area contributed by atoms with E-state index in [-0.39, 0.29) is 24.7 Å². The highest BCUT2D eigenvalue weighted by atomic mass is 19.1. The molecule has 2 amide bonds. The Morgan fingerprint density at radius 3 is 2.48 bits per heavy atom. The molecule has 1 aromatic carbocycles. The van der Waals surface area contributed by atoms with E-state index in [1.807, 2.05) is 30.5 Å². The van der Waals surface area contributed by atoms with Gasteiger partial charge in [-0.2, -0.15) is 0 Å². The Bertz CT molecular complexity index is 833. The molecule has 0 unspecified atom stereocenters. The van der Waals surface area contributed by atoms with Gasteiger partial charge in [0.15, 0.2) is 5.67 Å². The van der Waals surface area contributed by atoms with Crippen molar-refractivity contribution < 1.29 is 14.0 Å². The lowest BCUT2D eigenvalue weighted by atomic mass is 9.91. The summed E-state index contributed by atoms with van der Waals surface area (Å²) in [7, 11) is 0. The minimum absolute atomic E-state index is 0.0379. The molecule has 5 nitrogen and oxygen atoms in total. The van der Waals surface area contributed by atoms with E-state index in [0.717, 1.165) is 29.3 Å². The Labute approximate surface area is 158 Å². The molecule has 2 aliphatic heterocycles. The van der Waals surface area contributed by atoms with Gasteiger partial charge in [-0.25, -0.2) is 4.39 Å². The number of halogens is 1. The molecule has 6 heteroatoms. The molecule has 0 spiro atoms. The number of alkyl halides is 1. The number of rotatable bonds is 4. The first-order chi connectivity index (χ1) is 13.1. The molecule has 3 heterocycles. The number of hydrogen-bond acceptors (Lipinski definition) is 2. The number of aromatic amines is 1. The molecule has 2 saturated heterocycles. The van der Waals surface area contributed by atoms with E-state index in [2.05, 4.69) is 4.98 Å². The number of nitrogens with zero attached hydrogens (tertiary/aromatic N) is 2. The lowest BCUT2D eigenvalue weighted by molar-refractivity contribution is -0.149. The Balaban J connectivity index is 1.31. The second kappa shape index (κ2) is 7.33. The van der Waals surface area contributed by atoms with Gasteiger partial charge < -0.3 is 14.8 Å². The highest BCUT2D eigenvalue weighted by Gasteiger charge is 2.45. The quantitative estimate of drug-likeness (QED) is 0.898. The van der Waals surface area contributed by atoms with Crippen molar-refractivity contribution >= 4 is 22.7 Å². The summed E-state index contributed by atoms with van der Waals surface area (Å²) in [5.41, 5.74) is 0.401. The van der Waals surface area contributed by atoms with Gasteiger partial charge in [-0.1, -0.05) is 18.2 Å². The van der Waals surface area contributed by atoms with Gasteiger partial charge in [0.1, 0.15) is 0 Å². The van der Waals surface area contributed by atoms with Crippen molar-refractivity contribution in [3.05, 3.63) is 36.0 Å². The van der Waals surface area contributed by atoms with E-state index < -0.39 is 5.67 Å². The summed E-state index contributed by atoms with van der Waals surface area (Å²) in [5, 5.41) is 1.14. The van der Waals surface area contributed by atoms with Crippen molar-refractivity contribution in [2.24, 2.45) is 0 Å². The molecule has 2 aliphatic rings. The van der Waals surface area contributed by atoms with Gasteiger partial charge in [0.25, 0.3) is 5.91 Å². The smallest absolute Gasteiger partial charge is 0.260 e. The van der Waals surface area contributed by atoms with Crippen LogP contribution in [0.15, 0.2) is 30.5 Å². The fourth-order valence-corrected chi connectivity index (χ4v) is 4.27. The molecule has 4 rings (SSSR count). The summed E-state index contributed by atoms with van der Waals surface area (Å²) < 4.78 is 15.1. The van der Waals surface area contributed by atoms with Crippen LogP contribution in [0.5, 0.6) is 0 Å². The molecule has 27 heavy (non-hydrogen) atoms. The fourth-order valence-electron chi connectivity index (χ4n) is 4.27. The third-order valence-electron chi connectivity index (χ3n) is 5.97. The fraction of sp³-hybridized carbons (Fsp3) is 0.524. The predicted octanol–water partition coefficient (Wildman–Crippen LogP) is 3.05. The van der Waals surface area contributed by atoms with Gasteiger partial charge in [0.2, 0.25) is 5.91 Å². The van der Waals surface area contributed by atoms with Gasteiger partial charge in [0.05, 0.1) is 0 Å². The standard InChI is InChI=1S/C21H26FN3O2/c22-21(20(27)25-11-3-4-12-25)9-13-24(14-10-21)19(26)8-7-16-15-23-18-6-2-1-5-17(16)18/h1-2,5-6,15,23H,3-4,7-14H2. The number of H-pyrrole nitrogens is 1. The summed E-state index contributed by atoms with van der Waals surface area (Å²) in [4.78, 5) is 31.6. The predicted molar refractivity (Wildman–Crippen MR) is 102 cm³/mol. The van der Waals surface area contributed by atoms with Crippen LogP contribution in [-0.4, -0.2) is 58.4 Å². The van der Waals surface area contributed by atoms with E-state index in [9.17, 15) is 9.59 Å². The molecule has 0 atom stereocenters. The van der Waals surface area contributed by atoms with Crippen LogP contribution in [0.2, 0.25) is 0 Å². The van der Waals surface area contributed by atoms with Crippen molar-refractivity contribution in [3.8, 4) is 0 Å². The van der Waals surface area contributed by atoms with Gasteiger partial charge >= 0.3 is 0 Å². The molecule has 2 fully saturated rings. The zero-order valence-corrected chi connectivity index (χ0v) is 15.5. The zero-order valence-electron chi connectivity index (χ0n) is 15.5. The highest BCUT2D eigenvalue weighted by molar-refractivity contribution is 5.86. The number of carbonyl (C=O) groups excluding carboxylic acids is 2. The molecular weight excluding hydrogens is 345 g/mol. The minimum Gasteiger partial charge on any atom is -0.361 e. The number of para-hydroxylation sites is 1. The normalized spacial score (nSPS) is 19.6. The molecule has 0 radical (unpaired) electrons. The van der Waals surface area contributed by atoms with Crippen LogP contribution in [0.25, 0.3) is 10.9 Å². The van der Waals surface area contributed by atoms with Crippen LogP contribution in [0.4, 0.5) is 4.39 Å². The van der Waals surface area contributed by atoms with Crippen molar-refractivity contribution in [1.29, 1.82) is 0 Å². The van der Waals surface area contributed by atoms with E-state index in [1.165, 1.54) is 0 Å². The Hall–Kier alpha value is -2.37. The van der Waals surface area contributed by atoms with Gasteiger partial charge in [-0.3, -0.25) is 9.59 Å². The van der Waals surface area contributed by atoms with Crippen molar-refractivity contribution in [2.75, 3.05) is 26.2 Å². The lowest BCUT2D eigenvalue weighted by Gasteiger charge is -2.37. The zero-order chi connectivity index (χ0) is 18.9. The van der Waals surface area contributed by atoms with E-state index >= 15 is 4.39 Å². The number of benzene rings is 1. The number of piperidine rings is 1. The SMILES string of the molecule is O=C(CCc1c[nH]c2ccccc12)N1CCC(F)(C(=O)N2CCCC2)CC1. The summed E-state index contributed by atoms with van der Waals surface area (Å²) in [6.45, 7) is 1.97. The van der Waals surface area contributed by atoms with Crippen LogP contribution in [-0.2, 0) is 16.0 Å². The third-order valence-corrected chi connectivity index (χ3v) is 5.97. The number of likely N-dealkylation sites (tertiary alicyclic amines) is 2. The van der Waals surface area contributed by atoms with Gasteiger partial charge in [-0.05, 0) is 30.9 Å². The third kappa shape index (κ3) is 3.57. The maximum absolute atomic E-state index is 15.1. The lowest BCUT2D eigenvalue weighted by Crippen LogP contribution is -2.52. The second-order valence-electron chi connectivity index (χ2n) is 7.70. The number of nitrogens with one attached hydrogen (secondary N) is 1. The molecule has 0 aliphatic carbocycles. The number of carbonyl (C=O) groups is 2. The number of fused-ring (bicyclic) bond motifs is 1. The van der Waals surface area contributed by atoms with Crippen LogP contribution in [0.1, 0.15) is 37.7 Å². The summed E-state index contributed by atoms with van der Waals surface area (Å²) in [6, 6.07) is 8.04. The first kappa shape index (κ1) is 18.0. The molecule has 2 aromatic rings. The number of amides is 2. The average molecular weight is 371 g/mol. The maximum Gasteiger partial charge on any atom is 0.260 e. The molecule has 0 bridgehead atoms. The second-order valence-corrected chi connectivity index (χ2v) is 7.70. The first-order valence-electron chi connectivity index (χ1n) is 9.88. The molecule has 1 N–H and O–H groups in total. The summed E-state index contributed by atoms with van der Waals surface area (Å²) >= 11 is 0. The van der Waals surface area contributed by atoms with E-state index in [0.29, 0.717) is 39.0 Å². The topological polar surface area (TPSA) is 56.4 Å². The van der Waals surface area contributed by atoms with Crippen LogP contribution >= 0.6 is 0 Å². The summed E-state index contributed by atoms with van der Waals surface area (Å²) in [5.74, 6) is -0.332. The maximum atomic E-state index is 15.1. The van der Waals surface area contributed by atoms with Gasteiger partial charge in [0, 0.05) is 62.5 Å². The Morgan fingerprint density at radius 1 is 1.04 bits per heavy atom. The Morgan fingerprint density at radius 2 is 1.74 bits per heavy atom. The Kier molecular flexibility index (Phi) is 4.89. The first-order valence-corrected chi connectivity index (χ1v) is 9.88. The van der Waals surface area contributed by atoms with Crippen molar-refractivity contribution in [1.82, 2.24) is 14.8 Å². The minimum atomic E-state index is -1.79. The van der Waals surface area contributed by atoms with E-state index in [1.54, 1.807) is 9.80 Å². The number of aromatic nitrogens is 1. The molecule has 144 valence electrons. The monoisotopic (exact) mass is 371 g/mol. The summed E-state index contributed by atoms with van der Waals surface area (Å²) in [6.07, 6.45) is 5.16. The molecule has 0 saturated carbocycles. The van der Waals surface area contributed by atoms with E-state index in [4.69, 9.17) is 0 Å². The van der Waals surface area contributed by atoms with Crippen molar-refractivity contribution in [2.45, 2.75) is 44.2 Å².